The van der Waals surface area contributed by atoms with Crippen molar-refractivity contribution < 1.29 is 4.79 Å². The molecule has 1 aliphatic rings. The number of benzene rings is 2. The standard InChI is InChI=1S/C28H24Cl2N4O/c1-18-24(27(29)33(31-18)22-12-5-3-6-13-22)16-20-10-9-11-21(26(20)35)17-25-19(2)32-34(28(25)30)23-14-7-4-8-15-23/h3-8,12-17H,9-11H2,1-2H3/b20-16+,21-17+. The van der Waals surface area contributed by atoms with Gasteiger partial charge < -0.3 is 0 Å². The topological polar surface area (TPSA) is 52.7 Å². The molecule has 0 amide bonds. The first-order valence-electron chi connectivity index (χ1n) is 11.5. The Balaban J connectivity index is 1.49. The summed E-state index contributed by atoms with van der Waals surface area (Å²) in [6.45, 7) is 3.81. The van der Waals surface area contributed by atoms with Gasteiger partial charge in [-0.05, 0) is 69.5 Å². The lowest BCUT2D eigenvalue weighted by atomic mass is 9.87. The Morgan fingerprint density at radius 1 is 0.714 bits per heavy atom. The molecule has 0 N–H and O–H groups in total. The number of rotatable bonds is 4. The second kappa shape index (κ2) is 9.68. The minimum atomic E-state index is 0.0158. The molecule has 5 rings (SSSR count). The maximum Gasteiger partial charge on any atom is 0.185 e. The van der Waals surface area contributed by atoms with Crippen LogP contribution in [0.2, 0.25) is 10.3 Å². The minimum absolute atomic E-state index is 0.0158. The Hall–Kier alpha value is -3.41. The van der Waals surface area contributed by atoms with Gasteiger partial charge >= 0.3 is 0 Å². The quantitative estimate of drug-likeness (QED) is 0.277. The van der Waals surface area contributed by atoms with Gasteiger partial charge in [-0.3, -0.25) is 4.79 Å². The number of aryl methyl sites for hydroxylation is 2. The van der Waals surface area contributed by atoms with E-state index in [2.05, 4.69) is 10.2 Å². The summed E-state index contributed by atoms with van der Waals surface area (Å²) < 4.78 is 3.41. The highest BCUT2D eigenvalue weighted by Gasteiger charge is 2.24. The van der Waals surface area contributed by atoms with Crippen LogP contribution in [-0.2, 0) is 4.79 Å². The molecular formula is C28H24Cl2N4O. The fourth-order valence-corrected chi connectivity index (χ4v) is 5.01. The average molecular weight is 503 g/mol. The number of allylic oxidation sites excluding steroid dienone is 2. The molecular weight excluding hydrogens is 479 g/mol. The predicted octanol–water partition coefficient (Wildman–Crippen LogP) is 7.20. The molecule has 2 heterocycles. The Morgan fingerprint density at radius 3 is 1.51 bits per heavy atom. The second-order valence-corrected chi connectivity index (χ2v) is 9.31. The zero-order valence-electron chi connectivity index (χ0n) is 19.5. The number of carbonyl (C=O) groups is 1. The predicted molar refractivity (Wildman–Crippen MR) is 141 cm³/mol. The Bertz CT molecular complexity index is 1350. The maximum atomic E-state index is 13.5. The van der Waals surface area contributed by atoms with Crippen LogP contribution >= 0.6 is 23.2 Å². The van der Waals surface area contributed by atoms with Crippen LogP contribution in [0.5, 0.6) is 0 Å². The molecule has 1 fully saturated rings. The number of para-hydroxylation sites is 2. The van der Waals surface area contributed by atoms with E-state index in [1.165, 1.54) is 0 Å². The van der Waals surface area contributed by atoms with Gasteiger partial charge in [0.05, 0.1) is 22.8 Å². The normalized spacial score (nSPS) is 16.4. The van der Waals surface area contributed by atoms with Crippen molar-refractivity contribution in [1.82, 2.24) is 19.6 Å². The number of carbonyl (C=O) groups excluding carboxylic acids is 1. The monoisotopic (exact) mass is 502 g/mol. The fraction of sp³-hybridized carbons (Fsp3) is 0.179. The van der Waals surface area contributed by atoms with E-state index in [1.54, 1.807) is 9.36 Å². The fourth-order valence-electron chi connectivity index (χ4n) is 4.36. The van der Waals surface area contributed by atoms with Gasteiger partial charge in [-0.2, -0.15) is 10.2 Å². The SMILES string of the molecule is Cc1nn(-c2ccccc2)c(Cl)c1/C=C1\CCC/C(=C\c2c(C)nn(-c3ccccc3)c2Cl)C1=O. The van der Waals surface area contributed by atoms with E-state index in [0.717, 1.165) is 51.5 Å². The summed E-state index contributed by atoms with van der Waals surface area (Å²) in [7, 11) is 0. The van der Waals surface area contributed by atoms with Gasteiger partial charge in [0.1, 0.15) is 10.3 Å². The van der Waals surface area contributed by atoms with E-state index in [9.17, 15) is 4.79 Å². The maximum absolute atomic E-state index is 13.5. The molecule has 35 heavy (non-hydrogen) atoms. The molecule has 0 atom stereocenters. The van der Waals surface area contributed by atoms with E-state index >= 15 is 0 Å². The molecule has 4 aromatic rings. The van der Waals surface area contributed by atoms with E-state index in [0.29, 0.717) is 23.1 Å². The molecule has 5 nitrogen and oxygen atoms in total. The Labute approximate surface area is 214 Å². The number of halogens is 2. The van der Waals surface area contributed by atoms with Crippen molar-refractivity contribution in [3.63, 3.8) is 0 Å². The number of hydrogen-bond donors (Lipinski definition) is 0. The first kappa shape index (κ1) is 23.3. The molecule has 2 aromatic carbocycles. The lowest BCUT2D eigenvalue weighted by Gasteiger charge is -2.16. The summed E-state index contributed by atoms with van der Waals surface area (Å²) in [5.74, 6) is 0.0158. The molecule has 1 saturated carbocycles. The molecule has 0 saturated heterocycles. The third kappa shape index (κ3) is 4.49. The molecule has 0 radical (unpaired) electrons. The van der Waals surface area contributed by atoms with E-state index in [-0.39, 0.29) is 5.78 Å². The molecule has 7 heteroatoms. The van der Waals surface area contributed by atoms with Gasteiger partial charge in [0.15, 0.2) is 5.78 Å². The molecule has 0 bridgehead atoms. The average Bonchev–Trinajstić information content (AvgIpc) is 3.32. The van der Waals surface area contributed by atoms with Crippen molar-refractivity contribution in [2.75, 3.05) is 0 Å². The third-order valence-corrected chi connectivity index (χ3v) is 6.94. The van der Waals surface area contributed by atoms with Crippen LogP contribution in [0, 0.1) is 13.8 Å². The minimum Gasteiger partial charge on any atom is -0.289 e. The molecule has 1 aliphatic carbocycles. The number of Topliss-reactive ketones (excluding diaryl/α,β-unsaturated/α-hetero) is 1. The highest BCUT2D eigenvalue weighted by atomic mass is 35.5. The van der Waals surface area contributed by atoms with Crippen molar-refractivity contribution in [3.05, 3.63) is 105 Å². The number of aromatic nitrogens is 4. The molecule has 2 aromatic heterocycles. The highest BCUT2D eigenvalue weighted by Crippen LogP contribution is 2.33. The van der Waals surface area contributed by atoms with Crippen LogP contribution in [0.3, 0.4) is 0 Å². The van der Waals surface area contributed by atoms with Crippen LogP contribution in [0.1, 0.15) is 41.8 Å². The largest absolute Gasteiger partial charge is 0.289 e. The smallest absolute Gasteiger partial charge is 0.185 e. The summed E-state index contributed by atoms with van der Waals surface area (Å²) in [5, 5.41) is 10.2. The summed E-state index contributed by atoms with van der Waals surface area (Å²) in [6.07, 6.45) is 6.04. The highest BCUT2D eigenvalue weighted by molar-refractivity contribution is 6.32. The lowest BCUT2D eigenvalue weighted by Crippen LogP contribution is -2.12. The zero-order chi connectivity index (χ0) is 24.5. The van der Waals surface area contributed by atoms with Crippen molar-refractivity contribution in [3.8, 4) is 11.4 Å². The summed E-state index contributed by atoms with van der Waals surface area (Å²) >= 11 is 13.4. The number of ketones is 1. The molecule has 0 unspecified atom stereocenters. The van der Waals surface area contributed by atoms with Crippen LogP contribution in [0.25, 0.3) is 23.5 Å². The van der Waals surface area contributed by atoms with Gasteiger partial charge in [0.2, 0.25) is 0 Å². The number of nitrogens with zero attached hydrogens (tertiary/aromatic N) is 4. The van der Waals surface area contributed by atoms with Crippen LogP contribution in [0.4, 0.5) is 0 Å². The third-order valence-electron chi connectivity index (χ3n) is 6.21. The number of hydrogen-bond acceptors (Lipinski definition) is 3. The van der Waals surface area contributed by atoms with Gasteiger partial charge in [-0.25, -0.2) is 9.36 Å². The first-order chi connectivity index (χ1) is 16.9. The second-order valence-electron chi connectivity index (χ2n) is 8.60. The Kier molecular flexibility index (Phi) is 6.46. The summed E-state index contributed by atoms with van der Waals surface area (Å²) in [5.41, 5.74) is 6.30. The molecule has 0 spiro atoms. The Morgan fingerprint density at radius 2 is 1.11 bits per heavy atom. The molecule has 0 aliphatic heterocycles. The van der Waals surface area contributed by atoms with Crippen LogP contribution < -0.4 is 0 Å². The van der Waals surface area contributed by atoms with Crippen LogP contribution in [-0.4, -0.2) is 25.3 Å². The van der Waals surface area contributed by atoms with Gasteiger partial charge in [0.25, 0.3) is 0 Å². The zero-order valence-corrected chi connectivity index (χ0v) is 21.0. The van der Waals surface area contributed by atoms with Gasteiger partial charge in [-0.1, -0.05) is 59.6 Å². The van der Waals surface area contributed by atoms with Crippen molar-refractivity contribution in [2.24, 2.45) is 0 Å². The van der Waals surface area contributed by atoms with E-state index in [1.807, 2.05) is 86.7 Å². The lowest BCUT2D eigenvalue weighted by molar-refractivity contribution is -0.112. The first-order valence-corrected chi connectivity index (χ1v) is 12.3. The molecule has 176 valence electrons. The van der Waals surface area contributed by atoms with Crippen molar-refractivity contribution in [2.45, 2.75) is 33.1 Å². The van der Waals surface area contributed by atoms with Crippen molar-refractivity contribution >= 4 is 41.1 Å². The van der Waals surface area contributed by atoms with E-state index in [4.69, 9.17) is 23.2 Å². The summed E-state index contributed by atoms with van der Waals surface area (Å²) in [4.78, 5) is 13.5. The van der Waals surface area contributed by atoms with Gasteiger partial charge in [-0.15, -0.1) is 0 Å². The van der Waals surface area contributed by atoms with E-state index < -0.39 is 0 Å². The van der Waals surface area contributed by atoms with Crippen molar-refractivity contribution in [1.29, 1.82) is 0 Å². The summed E-state index contributed by atoms with van der Waals surface area (Å²) in [6, 6.07) is 19.4. The van der Waals surface area contributed by atoms with Crippen LogP contribution in [0.15, 0.2) is 71.8 Å². The van der Waals surface area contributed by atoms with Gasteiger partial charge in [0, 0.05) is 22.3 Å².